The number of carbonyl (C=O) groups is 1. The van der Waals surface area contributed by atoms with Crippen LogP contribution in [0.3, 0.4) is 0 Å². The van der Waals surface area contributed by atoms with Crippen molar-refractivity contribution in [3.8, 4) is 23.3 Å². The highest BCUT2D eigenvalue weighted by Crippen LogP contribution is 2.47. The van der Waals surface area contributed by atoms with Crippen LogP contribution in [-0.4, -0.2) is 80.1 Å². The number of alkyl halides is 3. The van der Waals surface area contributed by atoms with E-state index >= 15 is 0 Å². The number of thioether (sulfide) groups is 1. The molecule has 0 aliphatic carbocycles. The highest BCUT2D eigenvalue weighted by atomic mass is 32.2. The molecule has 1 fully saturated rings. The number of rotatable bonds is 6. The zero-order valence-electron chi connectivity index (χ0n) is 22.3. The Morgan fingerprint density at radius 3 is 2.88 bits per heavy atom. The van der Waals surface area contributed by atoms with Gasteiger partial charge in [0.1, 0.15) is 29.0 Å². The largest absolute Gasteiger partial charge is 0.495 e. The van der Waals surface area contributed by atoms with Crippen LogP contribution in [0.2, 0.25) is 0 Å². The summed E-state index contributed by atoms with van der Waals surface area (Å²) >= 11 is 0.415. The summed E-state index contributed by atoms with van der Waals surface area (Å²) in [5.74, 6) is 7.14. The number of ether oxygens (including phenoxy) is 2. The first-order valence-electron chi connectivity index (χ1n) is 12.8. The van der Waals surface area contributed by atoms with E-state index in [2.05, 4.69) is 27.8 Å². The van der Waals surface area contributed by atoms with E-state index in [9.17, 15) is 18.0 Å². The molecule has 4 heterocycles. The number of piperidine rings is 1. The standard InChI is InChI=1S/C28H30F3N5O3S/c1-32-27(37)17-6-7-21(23(13-17)38-3)33-11-4-5-18-14-36-24(34-20-10-12-35(2)15-19(20)29)9-8-22-25(36)26(18)40-28(30,31)16-39-22/h6-9,13-14,19-20,33-34H,10-12,15-16H2,1-3H3,(H,32,37)/t19-,20+/m0/s1. The molecule has 0 spiro atoms. The first-order valence-corrected chi connectivity index (χ1v) is 13.6. The van der Waals surface area contributed by atoms with E-state index in [4.69, 9.17) is 9.47 Å². The molecule has 0 saturated carbocycles. The molecule has 1 amide bonds. The van der Waals surface area contributed by atoms with Crippen molar-refractivity contribution in [2.24, 2.45) is 0 Å². The minimum Gasteiger partial charge on any atom is -0.495 e. The lowest BCUT2D eigenvalue weighted by atomic mass is 10.0. The zero-order valence-corrected chi connectivity index (χ0v) is 23.1. The van der Waals surface area contributed by atoms with Crippen molar-refractivity contribution in [1.82, 2.24) is 14.6 Å². The number of carbonyl (C=O) groups excluding carboxylic acids is 1. The van der Waals surface area contributed by atoms with Gasteiger partial charge in [0.25, 0.3) is 5.91 Å². The maximum absolute atomic E-state index is 14.8. The summed E-state index contributed by atoms with van der Waals surface area (Å²) < 4.78 is 56.6. The summed E-state index contributed by atoms with van der Waals surface area (Å²) in [7, 11) is 4.93. The third-order valence-electron chi connectivity index (χ3n) is 6.85. The van der Waals surface area contributed by atoms with E-state index in [1.165, 1.54) is 7.11 Å². The number of hydrogen-bond donors (Lipinski definition) is 3. The van der Waals surface area contributed by atoms with Crippen molar-refractivity contribution >= 4 is 34.7 Å². The van der Waals surface area contributed by atoms with Crippen LogP contribution < -0.4 is 25.4 Å². The van der Waals surface area contributed by atoms with Crippen LogP contribution in [0.4, 0.5) is 24.7 Å². The van der Waals surface area contributed by atoms with Gasteiger partial charge in [0.05, 0.1) is 35.8 Å². The summed E-state index contributed by atoms with van der Waals surface area (Å²) in [5, 5.41) is 5.83. The second kappa shape index (κ2) is 11.4. The highest BCUT2D eigenvalue weighted by Gasteiger charge is 2.38. The summed E-state index contributed by atoms with van der Waals surface area (Å²) in [5.41, 5.74) is 1.96. The van der Waals surface area contributed by atoms with E-state index < -0.39 is 24.1 Å². The fourth-order valence-corrected chi connectivity index (χ4v) is 5.73. The number of nitrogens with zero attached hydrogens (tertiary/aromatic N) is 2. The normalized spacial score (nSPS) is 20.1. The summed E-state index contributed by atoms with van der Waals surface area (Å²) in [6.07, 6.45) is 1.23. The lowest BCUT2D eigenvalue weighted by molar-refractivity contribution is 0.0490. The minimum atomic E-state index is -3.15. The molecule has 2 atom stereocenters. The van der Waals surface area contributed by atoms with E-state index in [0.29, 0.717) is 69.3 Å². The quantitative estimate of drug-likeness (QED) is 0.380. The number of anilines is 2. The number of benzene rings is 1. The van der Waals surface area contributed by atoms with E-state index in [1.807, 2.05) is 11.9 Å². The molecule has 2 aliphatic heterocycles. The fourth-order valence-electron chi connectivity index (χ4n) is 4.80. The van der Waals surface area contributed by atoms with Crippen molar-refractivity contribution in [3.63, 3.8) is 0 Å². The Bertz CT molecular complexity index is 1490. The molecule has 212 valence electrons. The highest BCUT2D eigenvalue weighted by molar-refractivity contribution is 8.00. The smallest absolute Gasteiger partial charge is 0.331 e. The molecule has 0 unspecified atom stereocenters. The topological polar surface area (TPSA) is 79.3 Å². The van der Waals surface area contributed by atoms with E-state index in [1.54, 1.807) is 48.0 Å². The molecule has 8 nitrogen and oxygen atoms in total. The van der Waals surface area contributed by atoms with Gasteiger partial charge < -0.3 is 30.3 Å². The van der Waals surface area contributed by atoms with Gasteiger partial charge in [-0.3, -0.25) is 9.20 Å². The van der Waals surface area contributed by atoms with Gasteiger partial charge in [-0.25, -0.2) is 4.39 Å². The van der Waals surface area contributed by atoms with Crippen LogP contribution in [0.15, 0.2) is 41.4 Å². The Hall–Kier alpha value is -3.69. The average molecular weight is 574 g/mol. The van der Waals surface area contributed by atoms with Crippen molar-refractivity contribution in [1.29, 1.82) is 0 Å². The fraction of sp³-hybridized carbons (Fsp3) is 0.393. The molecule has 40 heavy (non-hydrogen) atoms. The molecule has 1 aromatic carbocycles. The van der Waals surface area contributed by atoms with Gasteiger partial charge in [-0.05, 0) is 55.6 Å². The lowest BCUT2D eigenvalue weighted by Gasteiger charge is -2.33. The number of amides is 1. The third-order valence-corrected chi connectivity index (χ3v) is 7.88. The van der Waals surface area contributed by atoms with Crippen LogP contribution in [0.5, 0.6) is 11.5 Å². The molecule has 2 aromatic heterocycles. The second-order valence-electron chi connectivity index (χ2n) is 9.67. The number of halogens is 3. The Labute approximate surface area is 234 Å². The molecular weight excluding hydrogens is 543 g/mol. The van der Waals surface area contributed by atoms with Gasteiger partial charge in [0.15, 0.2) is 6.61 Å². The number of nitrogens with one attached hydrogen (secondary N) is 3. The lowest BCUT2D eigenvalue weighted by Crippen LogP contribution is -2.46. The molecule has 1 saturated heterocycles. The minimum absolute atomic E-state index is 0.190. The van der Waals surface area contributed by atoms with Crippen LogP contribution in [0.1, 0.15) is 22.3 Å². The van der Waals surface area contributed by atoms with Crippen molar-refractivity contribution in [3.05, 3.63) is 47.7 Å². The average Bonchev–Trinajstić information content (AvgIpc) is 3.21. The first kappa shape index (κ1) is 27.9. The molecule has 0 radical (unpaired) electrons. The van der Waals surface area contributed by atoms with Crippen LogP contribution in [-0.2, 0) is 0 Å². The van der Waals surface area contributed by atoms with Crippen LogP contribution in [0.25, 0.3) is 5.52 Å². The number of aromatic nitrogens is 1. The number of methoxy groups -OCH3 is 1. The Morgan fingerprint density at radius 2 is 2.12 bits per heavy atom. The molecule has 12 heteroatoms. The van der Waals surface area contributed by atoms with Gasteiger partial charge in [0, 0.05) is 31.9 Å². The van der Waals surface area contributed by atoms with Gasteiger partial charge in [-0.1, -0.05) is 11.8 Å². The summed E-state index contributed by atoms with van der Waals surface area (Å²) in [6.45, 7) is 0.501. The first-order chi connectivity index (χ1) is 19.2. The zero-order chi connectivity index (χ0) is 28.4. The van der Waals surface area contributed by atoms with E-state index in [-0.39, 0.29) is 12.5 Å². The van der Waals surface area contributed by atoms with Gasteiger partial charge >= 0.3 is 5.25 Å². The molecule has 0 bridgehead atoms. The van der Waals surface area contributed by atoms with Gasteiger partial charge in [-0.15, -0.1) is 0 Å². The van der Waals surface area contributed by atoms with Crippen molar-refractivity contribution < 1.29 is 27.4 Å². The molecule has 3 N–H and O–H groups in total. The molecule has 2 aliphatic rings. The maximum Gasteiger partial charge on any atom is 0.331 e. The summed E-state index contributed by atoms with van der Waals surface area (Å²) in [4.78, 5) is 14.2. The predicted octanol–water partition coefficient (Wildman–Crippen LogP) is 4.30. The predicted molar refractivity (Wildman–Crippen MR) is 150 cm³/mol. The molecule has 3 aromatic rings. The second-order valence-corrected chi connectivity index (χ2v) is 10.9. The Morgan fingerprint density at radius 1 is 1.30 bits per heavy atom. The maximum atomic E-state index is 14.8. The van der Waals surface area contributed by atoms with Crippen LogP contribution >= 0.6 is 11.8 Å². The number of hydrogen-bond acceptors (Lipinski definition) is 7. The van der Waals surface area contributed by atoms with Crippen LogP contribution in [0, 0.1) is 11.8 Å². The van der Waals surface area contributed by atoms with Gasteiger partial charge in [0.2, 0.25) is 0 Å². The monoisotopic (exact) mass is 573 g/mol. The Balaban J connectivity index is 1.43. The van der Waals surface area contributed by atoms with Crippen molar-refractivity contribution in [2.45, 2.75) is 28.8 Å². The Kier molecular flexibility index (Phi) is 7.96. The van der Waals surface area contributed by atoms with E-state index in [0.717, 1.165) is 6.54 Å². The molecule has 5 rings (SSSR count). The number of pyridine rings is 1. The SMILES string of the molecule is CNC(=O)c1ccc(NCC#Cc2cn3c(N[C@@H]4CCN(C)C[C@@H]4F)ccc4c3c2SC(F)(F)CO4)c(OC)c1. The van der Waals surface area contributed by atoms with Gasteiger partial charge in [-0.2, -0.15) is 8.78 Å². The third kappa shape index (κ3) is 5.76. The molecular formula is C28H30F3N5O3S. The summed E-state index contributed by atoms with van der Waals surface area (Å²) in [6, 6.07) is 7.94. The van der Waals surface area contributed by atoms with Crippen molar-refractivity contribution in [2.75, 3.05) is 58.1 Å². The number of likely N-dealkylation sites (tertiary alicyclic amines) is 1.